The van der Waals surface area contributed by atoms with Crippen LogP contribution in [0, 0.1) is 0 Å². The third kappa shape index (κ3) is 3.92. The lowest BCUT2D eigenvalue weighted by Crippen LogP contribution is -2.22. The quantitative estimate of drug-likeness (QED) is 0.854. The molecular weight excluding hydrogens is 350 g/mol. The van der Waals surface area contributed by atoms with Crippen molar-refractivity contribution in [3.63, 3.8) is 0 Å². The van der Waals surface area contributed by atoms with Gasteiger partial charge < -0.3 is 19.9 Å². The molecule has 0 saturated carbocycles. The minimum atomic E-state index is -0.361. The molecule has 6 heteroatoms. The lowest BCUT2D eigenvalue weighted by Gasteiger charge is -2.10. The highest BCUT2D eigenvalue weighted by atomic mass is 79.9. The van der Waals surface area contributed by atoms with Crippen molar-refractivity contribution in [3.05, 3.63) is 52.0 Å². The van der Waals surface area contributed by atoms with Gasteiger partial charge in [0.25, 0.3) is 5.91 Å². The number of ether oxygens (including phenoxy) is 2. The Morgan fingerprint density at radius 1 is 1.14 bits per heavy atom. The Hall–Kier alpha value is -2.21. The molecule has 2 rings (SSSR count). The van der Waals surface area contributed by atoms with E-state index in [2.05, 4.69) is 21.2 Å². The first-order valence-electron chi connectivity index (χ1n) is 6.52. The number of hydrogen-bond donors (Lipinski definition) is 2. The third-order valence-corrected chi connectivity index (χ3v) is 3.56. The van der Waals surface area contributed by atoms with E-state index in [1.165, 1.54) is 6.07 Å². The number of aromatic hydroxyl groups is 1. The van der Waals surface area contributed by atoms with Crippen LogP contribution in [0.4, 0.5) is 0 Å². The summed E-state index contributed by atoms with van der Waals surface area (Å²) in [7, 11) is 3.13. The molecule has 0 fully saturated rings. The van der Waals surface area contributed by atoms with E-state index in [0.29, 0.717) is 18.0 Å². The monoisotopic (exact) mass is 365 g/mol. The predicted molar refractivity (Wildman–Crippen MR) is 86.5 cm³/mol. The number of halogens is 1. The van der Waals surface area contributed by atoms with Crippen LogP contribution in [-0.4, -0.2) is 25.2 Å². The first-order valence-corrected chi connectivity index (χ1v) is 7.31. The Bertz CT molecular complexity index is 666. The van der Waals surface area contributed by atoms with Gasteiger partial charge in [-0.25, -0.2) is 0 Å². The summed E-state index contributed by atoms with van der Waals surface area (Å²) >= 11 is 3.27. The van der Waals surface area contributed by atoms with E-state index >= 15 is 0 Å². The summed E-state index contributed by atoms with van der Waals surface area (Å²) < 4.78 is 11.1. The highest BCUT2D eigenvalue weighted by Crippen LogP contribution is 2.24. The molecule has 0 aliphatic heterocycles. The average Bonchev–Trinajstić information content (AvgIpc) is 2.54. The van der Waals surface area contributed by atoms with Crippen LogP contribution in [0.3, 0.4) is 0 Å². The number of hydrogen-bond acceptors (Lipinski definition) is 4. The van der Waals surface area contributed by atoms with Crippen molar-refractivity contribution < 1.29 is 19.4 Å². The second-order valence-corrected chi connectivity index (χ2v) is 5.48. The number of carbonyl (C=O) groups is 1. The van der Waals surface area contributed by atoms with E-state index in [0.717, 1.165) is 10.0 Å². The lowest BCUT2D eigenvalue weighted by atomic mass is 10.1. The molecular formula is C16H16BrNO4. The van der Waals surface area contributed by atoms with E-state index in [1.807, 2.05) is 12.1 Å². The van der Waals surface area contributed by atoms with Gasteiger partial charge in [-0.1, -0.05) is 15.9 Å². The van der Waals surface area contributed by atoms with Crippen LogP contribution >= 0.6 is 15.9 Å². The van der Waals surface area contributed by atoms with Gasteiger partial charge in [0.05, 0.1) is 19.8 Å². The molecule has 22 heavy (non-hydrogen) atoms. The number of methoxy groups -OCH3 is 2. The zero-order chi connectivity index (χ0) is 16.1. The van der Waals surface area contributed by atoms with Crippen molar-refractivity contribution in [3.8, 4) is 17.2 Å². The molecule has 0 atom stereocenters. The Morgan fingerprint density at radius 3 is 2.36 bits per heavy atom. The fraction of sp³-hybridized carbons (Fsp3) is 0.188. The number of phenols is 1. The van der Waals surface area contributed by atoms with Crippen LogP contribution in [0.5, 0.6) is 17.2 Å². The molecule has 0 spiro atoms. The first-order chi connectivity index (χ1) is 10.5. The van der Waals surface area contributed by atoms with Gasteiger partial charge in [-0.05, 0) is 35.9 Å². The Morgan fingerprint density at radius 2 is 1.77 bits per heavy atom. The summed E-state index contributed by atoms with van der Waals surface area (Å²) in [5.74, 6) is 0.868. The highest BCUT2D eigenvalue weighted by Gasteiger charge is 2.12. The molecule has 0 saturated heterocycles. The van der Waals surface area contributed by atoms with E-state index in [9.17, 15) is 9.90 Å². The first kappa shape index (κ1) is 16.2. The van der Waals surface area contributed by atoms with Crippen molar-refractivity contribution in [2.75, 3.05) is 14.2 Å². The molecule has 0 aromatic heterocycles. The Labute approximate surface area is 137 Å². The van der Waals surface area contributed by atoms with Crippen molar-refractivity contribution in [2.45, 2.75) is 6.54 Å². The number of phenolic OH excluding ortho intramolecular Hbond substituents is 1. The standard InChI is InChI=1S/C16H16BrNO4/c1-21-12-5-10(6-13(8-12)22-2)9-18-16(20)14-7-11(17)3-4-15(14)19/h3-8,19H,9H2,1-2H3,(H,18,20). The molecule has 2 aromatic carbocycles. The summed E-state index contributed by atoms with van der Waals surface area (Å²) in [6.45, 7) is 0.290. The molecule has 1 amide bonds. The maximum Gasteiger partial charge on any atom is 0.255 e. The molecule has 0 radical (unpaired) electrons. The maximum atomic E-state index is 12.1. The molecule has 2 aromatic rings. The van der Waals surface area contributed by atoms with Crippen molar-refractivity contribution in [1.29, 1.82) is 0 Å². The normalized spacial score (nSPS) is 10.1. The molecule has 0 unspecified atom stereocenters. The molecule has 0 heterocycles. The highest BCUT2D eigenvalue weighted by molar-refractivity contribution is 9.10. The predicted octanol–water partition coefficient (Wildman–Crippen LogP) is 3.10. The number of nitrogens with one attached hydrogen (secondary N) is 1. The van der Waals surface area contributed by atoms with Crippen molar-refractivity contribution in [2.24, 2.45) is 0 Å². The zero-order valence-corrected chi connectivity index (χ0v) is 13.8. The van der Waals surface area contributed by atoms with Crippen molar-refractivity contribution >= 4 is 21.8 Å². The van der Waals surface area contributed by atoms with E-state index < -0.39 is 0 Å². The maximum absolute atomic E-state index is 12.1. The van der Waals surface area contributed by atoms with Gasteiger partial charge in [0.2, 0.25) is 0 Å². The number of carbonyl (C=O) groups excluding carboxylic acids is 1. The molecule has 0 aliphatic carbocycles. The van der Waals surface area contributed by atoms with E-state index in [4.69, 9.17) is 9.47 Å². The molecule has 2 N–H and O–H groups in total. The van der Waals surface area contributed by atoms with E-state index in [-0.39, 0.29) is 17.2 Å². The SMILES string of the molecule is COc1cc(CNC(=O)c2cc(Br)ccc2O)cc(OC)c1. The van der Waals surface area contributed by atoms with Crippen molar-refractivity contribution in [1.82, 2.24) is 5.32 Å². The summed E-state index contributed by atoms with van der Waals surface area (Å²) in [5, 5.41) is 12.5. The van der Waals surface area contributed by atoms with Crippen LogP contribution in [0.15, 0.2) is 40.9 Å². The third-order valence-electron chi connectivity index (χ3n) is 3.07. The van der Waals surface area contributed by atoms with Gasteiger partial charge in [-0.3, -0.25) is 4.79 Å². The zero-order valence-electron chi connectivity index (χ0n) is 12.2. The topological polar surface area (TPSA) is 67.8 Å². The second-order valence-electron chi connectivity index (χ2n) is 4.57. The lowest BCUT2D eigenvalue weighted by molar-refractivity contribution is 0.0948. The molecule has 0 aliphatic rings. The summed E-state index contributed by atoms with van der Waals surface area (Å²) in [6, 6.07) is 10.1. The number of benzene rings is 2. The van der Waals surface area contributed by atoms with Gasteiger partial charge in [0.1, 0.15) is 17.2 Å². The van der Waals surface area contributed by atoms with Gasteiger partial charge in [-0.2, -0.15) is 0 Å². The van der Waals surface area contributed by atoms with Crippen LogP contribution in [0.2, 0.25) is 0 Å². The van der Waals surface area contributed by atoms with Crippen LogP contribution in [-0.2, 0) is 6.54 Å². The minimum absolute atomic E-state index is 0.0658. The summed E-state index contributed by atoms with van der Waals surface area (Å²) in [4.78, 5) is 12.1. The Kier molecular flexibility index (Phi) is 5.27. The summed E-state index contributed by atoms with van der Waals surface area (Å²) in [5.41, 5.74) is 1.04. The van der Waals surface area contributed by atoms with Crippen LogP contribution in [0.25, 0.3) is 0 Å². The van der Waals surface area contributed by atoms with Gasteiger partial charge in [-0.15, -0.1) is 0 Å². The second kappa shape index (κ2) is 7.17. The fourth-order valence-corrected chi connectivity index (χ4v) is 2.30. The van der Waals surface area contributed by atoms with Gasteiger partial charge in [0, 0.05) is 17.1 Å². The van der Waals surface area contributed by atoms with Crippen LogP contribution in [0.1, 0.15) is 15.9 Å². The number of rotatable bonds is 5. The van der Waals surface area contributed by atoms with E-state index in [1.54, 1.807) is 32.4 Å². The largest absolute Gasteiger partial charge is 0.507 e. The minimum Gasteiger partial charge on any atom is -0.507 e. The molecule has 116 valence electrons. The fourth-order valence-electron chi connectivity index (χ4n) is 1.94. The molecule has 0 bridgehead atoms. The Balaban J connectivity index is 2.12. The van der Waals surface area contributed by atoms with Crippen LogP contribution < -0.4 is 14.8 Å². The number of amides is 1. The van der Waals surface area contributed by atoms with Gasteiger partial charge >= 0.3 is 0 Å². The average molecular weight is 366 g/mol. The van der Waals surface area contributed by atoms with Gasteiger partial charge in [0.15, 0.2) is 0 Å². The molecule has 5 nitrogen and oxygen atoms in total. The summed E-state index contributed by atoms with van der Waals surface area (Å²) in [6.07, 6.45) is 0. The smallest absolute Gasteiger partial charge is 0.255 e.